The Bertz CT molecular complexity index is 332. The number of rotatable bonds is 1. The number of esters is 2. The molecule has 6 heteroatoms. The number of hydrogen-bond donors (Lipinski definition) is 0. The molecule has 2 saturated heterocycles. The van der Waals surface area contributed by atoms with E-state index < -0.39 is 29.8 Å². The predicted octanol–water partition coefficient (Wildman–Crippen LogP) is -1.02. The molecule has 0 saturated carbocycles. The van der Waals surface area contributed by atoms with Crippen molar-refractivity contribution in [3.8, 4) is 0 Å². The molecule has 2 amide bonds. The van der Waals surface area contributed by atoms with Gasteiger partial charge in [0.2, 0.25) is 11.8 Å². The number of carbonyl (C=O) groups is 4. The van der Waals surface area contributed by atoms with Crippen molar-refractivity contribution >= 4 is 23.8 Å². The highest BCUT2D eigenvalue weighted by Gasteiger charge is 2.45. The van der Waals surface area contributed by atoms with Crippen LogP contribution in [0.2, 0.25) is 0 Å². The molecule has 0 aromatic rings. The number of cyclic esters (lactones) is 2. The minimum Gasteiger partial charge on any atom is -0.392 e. The van der Waals surface area contributed by atoms with Gasteiger partial charge in [0.25, 0.3) is 0 Å². The SMILES string of the molecule is O=C1CC(N2C(=O)CCC2=O)C(=O)O1. The molecule has 2 fully saturated rings. The standard InChI is InChI=1S/C8H7NO5/c10-5-1-2-6(11)9(5)4-3-7(12)14-8(4)13/h4H,1-3H2. The summed E-state index contributed by atoms with van der Waals surface area (Å²) in [5.74, 6) is -2.32. The van der Waals surface area contributed by atoms with Gasteiger partial charge < -0.3 is 4.74 Å². The van der Waals surface area contributed by atoms with E-state index in [0.29, 0.717) is 0 Å². The zero-order chi connectivity index (χ0) is 10.3. The topological polar surface area (TPSA) is 80.8 Å². The average Bonchev–Trinajstić information content (AvgIpc) is 2.57. The molecule has 0 aromatic heterocycles. The third kappa shape index (κ3) is 1.19. The van der Waals surface area contributed by atoms with Crippen molar-refractivity contribution in [2.24, 2.45) is 0 Å². The Morgan fingerprint density at radius 1 is 1.07 bits per heavy atom. The van der Waals surface area contributed by atoms with Gasteiger partial charge in [0.15, 0.2) is 0 Å². The lowest BCUT2D eigenvalue weighted by Crippen LogP contribution is -2.42. The van der Waals surface area contributed by atoms with E-state index in [2.05, 4.69) is 4.74 Å². The van der Waals surface area contributed by atoms with Crippen LogP contribution >= 0.6 is 0 Å². The molecule has 0 N–H and O–H groups in total. The van der Waals surface area contributed by atoms with Crippen molar-refractivity contribution in [3.05, 3.63) is 0 Å². The van der Waals surface area contributed by atoms with E-state index in [1.54, 1.807) is 0 Å². The van der Waals surface area contributed by atoms with Gasteiger partial charge in [0, 0.05) is 12.8 Å². The molecule has 2 aliphatic heterocycles. The molecule has 74 valence electrons. The highest BCUT2D eigenvalue weighted by Crippen LogP contribution is 2.22. The van der Waals surface area contributed by atoms with Crippen molar-refractivity contribution < 1.29 is 23.9 Å². The van der Waals surface area contributed by atoms with Crippen LogP contribution < -0.4 is 0 Å². The highest BCUT2D eigenvalue weighted by molar-refractivity contribution is 6.08. The summed E-state index contributed by atoms with van der Waals surface area (Å²) in [4.78, 5) is 45.1. The van der Waals surface area contributed by atoms with Crippen LogP contribution in [0.15, 0.2) is 0 Å². The molecule has 2 aliphatic rings. The van der Waals surface area contributed by atoms with Crippen molar-refractivity contribution in [1.82, 2.24) is 4.90 Å². The quantitative estimate of drug-likeness (QED) is 0.305. The van der Waals surface area contributed by atoms with E-state index in [9.17, 15) is 19.2 Å². The van der Waals surface area contributed by atoms with E-state index >= 15 is 0 Å². The minimum atomic E-state index is -1.02. The molecule has 0 aromatic carbocycles. The van der Waals surface area contributed by atoms with E-state index in [0.717, 1.165) is 4.90 Å². The van der Waals surface area contributed by atoms with Gasteiger partial charge in [-0.15, -0.1) is 0 Å². The molecule has 0 radical (unpaired) electrons. The lowest BCUT2D eigenvalue weighted by molar-refractivity contribution is -0.157. The average molecular weight is 197 g/mol. The van der Waals surface area contributed by atoms with Gasteiger partial charge in [0.1, 0.15) is 6.04 Å². The van der Waals surface area contributed by atoms with Crippen LogP contribution in [0.1, 0.15) is 19.3 Å². The molecular formula is C8H7NO5. The highest BCUT2D eigenvalue weighted by atomic mass is 16.6. The Morgan fingerprint density at radius 3 is 2.07 bits per heavy atom. The first-order valence-corrected chi connectivity index (χ1v) is 4.19. The number of amides is 2. The Kier molecular flexibility index (Phi) is 1.83. The number of hydrogen-bond acceptors (Lipinski definition) is 5. The number of carbonyl (C=O) groups excluding carboxylic acids is 4. The van der Waals surface area contributed by atoms with Crippen LogP contribution in [0.3, 0.4) is 0 Å². The van der Waals surface area contributed by atoms with E-state index in [-0.39, 0.29) is 19.3 Å². The fourth-order valence-electron chi connectivity index (χ4n) is 1.60. The molecule has 0 aliphatic carbocycles. The maximum absolute atomic E-state index is 11.2. The first-order chi connectivity index (χ1) is 6.59. The Hall–Kier alpha value is -1.72. The van der Waals surface area contributed by atoms with E-state index in [4.69, 9.17) is 0 Å². The fourth-order valence-corrected chi connectivity index (χ4v) is 1.60. The second kappa shape index (κ2) is 2.90. The fraction of sp³-hybridized carbons (Fsp3) is 0.500. The summed E-state index contributed by atoms with van der Waals surface area (Å²) in [6.45, 7) is 0. The first-order valence-electron chi connectivity index (χ1n) is 4.19. The summed E-state index contributed by atoms with van der Waals surface area (Å²) >= 11 is 0. The molecule has 14 heavy (non-hydrogen) atoms. The van der Waals surface area contributed by atoms with Crippen LogP contribution in [0, 0.1) is 0 Å². The maximum Gasteiger partial charge on any atom is 0.337 e. The van der Waals surface area contributed by atoms with Crippen LogP contribution in [-0.4, -0.2) is 34.7 Å². The third-order valence-corrected chi connectivity index (χ3v) is 2.25. The van der Waals surface area contributed by atoms with Crippen molar-refractivity contribution in [2.45, 2.75) is 25.3 Å². The number of imide groups is 1. The summed E-state index contributed by atoms with van der Waals surface area (Å²) in [5, 5.41) is 0. The van der Waals surface area contributed by atoms with Crippen molar-refractivity contribution in [1.29, 1.82) is 0 Å². The van der Waals surface area contributed by atoms with Crippen molar-refractivity contribution in [3.63, 3.8) is 0 Å². The normalized spacial score (nSPS) is 27.4. The molecule has 2 heterocycles. The minimum absolute atomic E-state index is 0.108. The largest absolute Gasteiger partial charge is 0.392 e. The zero-order valence-electron chi connectivity index (χ0n) is 7.19. The van der Waals surface area contributed by atoms with E-state index in [1.807, 2.05) is 0 Å². The van der Waals surface area contributed by atoms with Gasteiger partial charge in [-0.2, -0.15) is 0 Å². The first kappa shape index (κ1) is 8.86. The number of nitrogens with zero attached hydrogens (tertiary/aromatic N) is 1. The van der Waals surface area contributed by atoms with Gasteiger partial charge in [-0.05, 0) is 0 Å². The monoisotopic (exact) mass is 197 g/mol. The van der Waals surface area contributed by atoms with Crippen molar-refractivity contribution in [2.75, 3.05) is 0 Å². The Labute approximate surface area is 78.8 Å². The Balaban J connectivity index is 2.22. The van der Waals surface area contributed by atoms with Gasteiger partial charge in [-0.25, -0.2) is 4.79 Å². The Morgan fingerprint density at radius 2 is 1.64 bits per heavy atom. The molecule has 2 rings (SSSR count). The third-order valence-electron chi connectivity index (χ3n) is 2.25. The maximum atomic E-state index is 11.2. The van der Waals surface area contributed by atoms with Crippen LogP contribution in [0.5, 0.6) is 0 Å². The molecule has 1 unspecified atom stereocenters. The summed E-state index contributed by atoms with van der Waals surface area (Å²) < 4.78 is 4.26. The molecule has 1 atom stereocenters. The lowest BCUT2D eigenvalue weighted by Gasteiger charge is -2.16. The summed E-state index contributed by atoms with van der Waals surface area (Å²) in [6.07, 6.45) is 0.00389. The molecule has 0 spiro atoms. The zero-order valence-corrected chi connectivity index (χ0v) is 7.19. The number of ether oxygens (including phenoxy) is 1. The van der Waals surface area contributed by atoms with Gasteiger partial charge >= 0.3 is 11.9 Å². The molecule has 6 nitrogen and oxygen atoms in total. The second-order valence-electron chi connectivity index (χ2n) is 3.17. The molecular weight excluding hydrogens is 190 g/mol. The van der Waals surface area contributed by atoms with Crippen LogP contribution in [-0.2, 0) is 23.9 Å². The molecule has 0 bridgehead atoms. The second-order valence-corrected chi connectivity index (χ2v) is 3.17. The van der Waals surface area contributed by atoms with Crippen LogP contribution in [0.4, 0.5) is 0 Å². The predicted molar refractivity (Wildman–Crippen MR) is 40.6 cm³/mol. The summed E-state index contributed by atoms with van der Waals surface area (Å²) in [7, 11) is 0. The van der Waals surface area contributed by atoms with Crippen LogP contribution in [0.25, 0.3) is 0 Å². The van der Waals surface area contributed by atoms with Gasteiger partial charge in [0.05, 0.1) is 6.42 Å². The smallest absolute Gasteiger partial charge is 0.337 e. The summed E-state index contributed by atoms with van der Waals surface area (Å²) in [6, 6.07) is -1.02. The van der Waals surface area contributed by atoms with E-state index in [1.165, 1.54) is 0 Å². The van der Waals surface area contributed by atoms with Gasteiger partial charge in [-0.1, -0.05) is 0 Å². The lowest BCUT2D eigenvalue weighted by atomic mass is 10.2. The summed E-state index contributed by atoms with van der Waals surface area (Å²) in [5.41, 5.74) is 0. The van der Waals surface area contributed by atoms with Gasteiger partial charge in [-0.3, -0.25) is 19.3 Å². The number of likely N-dealkylation sites (tertiary alicyclic amines) is 1.